The first-order valence-corrected chi connectivity index (χ1v) is 9.19. The first kappa shape index (κ1) is 16.8. The third-order valence-corrected chi connectivity index (χ3v) is 5.74. The second-order valence-corrected chi connectivity index (χ2v) is 7.29. The fourth-order valence-corrected chi connectivity index (χ4v) is 4.26. The lowest BCUT2D eigenvalue weighted by Crippen LogP contribution is -2.51. The van der Waals surface area contributed by atoms with Gasteiger partial charge in [-0.3, -0.25) is 4.79 Å². The molecule has 3 heteroatoms. The lowest BCUT2D eigenvalue weighted by atomic mass is 9.74. The third kappa shape index (κ3) is 4.45. The highest BCUT2D eigenvalue weighted by Crippen LogP contribution is 2.35. The quantitative estimate of drug-likeness (QED) is 0.760. The van der Waals surface area contributed by atoms with Crippen molar-refractivity contribution in [1.82, 2.24) is 10.6 Å². The first-order chi connectivity index (χ1) is 10.2. The van der Waals surface area contributed by atoms with Crippen molar-refractivity contribution in [1.29, 1.82) is 0 Å². The average Bonchev–Trinajstić information content (AvgIpc) is 2.77. The summed E-state index contributed by atoms with van der Waals surface area (Å²) in [6.45, 7) is 6.41. The molecular formula is C18H34N2O. The average molecular weight is 294 g/mol. The van der Waals surface area contributed by atoms with Gasteiger partial charge in [-0.25, -0.2) is 0 Å². The lowest BCUT2D eigenvalue weighted by molar-refractivity contribution is -0.134. The van der Waals surface area contributed by atoms with Crippen LogP contribution in [0, 0.1) is 11.3 Å². The summed E-state index contributed by atoms with van der Waals surface area (Å²) < 4.78 is 0. The van der Waals surface area contributed by atoms with Crippen LogP contribution in [0.2, 0.25) is 0 Å². The minimum Gasteiger partial charge on any atom is -0.353 e. The number of hydrogen-bond donors (Lipinski definition) is 2. The Morgan fingerprint density at radius 2 is 1.81 bits per heavy atom. The molecule has 1 aliphatic carbocycles. The SMILES string of the molecule is CCCC1(C(=O)N[C@@H](C)C2CCCCCC2)CCNCC1. The molecule has 2 fully saturated rings. The number of hydrogen-bond acceptors (Lipinski definition) is 2. The molecule has 0 bridgehead atoms. The smallest absolute Gasteiger partial charge is 0.226 e. The fourth-order valence-electron chi connectivity index (χ4n) is 4.26. The Morgan fingerprint density at radius 1 is 1.19 bits per heavy atom. The molecule has 1 saturated carbocycles. The van der Waals surface area contributed by atoms with Gasteiger partial charge in [0.1, 0.15) is 0 Å². The minimum absolute atomic E-state index is 0.0982. The van der Waals surface area contributed by atoms with Crippen LogP contribution in [0.4, 0.5) is 0 Å². The Labute approximate surface area is 130 Å². The van der Waals surface area contributed by atoms with Crippen molar-refractivity contribution in [3.8, 4) is 0 Å². The summed E-state index contributed by atoms with van der Waals surface area (Å²) in [6, 6.07) is 0.346. The summed E-state index contributed by atoms with van der Waals surface area (Å²) in [7, 11) is 0. The maximum atomic E-state index is 12.9. The molecule has 1 aliphatic heterocycles. The van der Waals surface area contributed by atoms with Crippen molar-refractivity contribution < 1.29 is 4.79 Å². The van der Waals surface area contributed by atoms with Crippen LogP contribution in [0.1, 0.15) is 78.1 Å². The lowest BCUT2D eigenvalue weighted by Gasteiger charge is -2.38. The normalized spacial score (nSPS) is 25.0. The van der Waals surface area contributed by atoms with Gasteiger partial charge in [0.15, 0.2) is 0 Å². The zero-order valence-corrected chi connectivity index (χ0v) is 14.0. The number of piperidine rings is 1. The van der Waals surface area contributed by atoms with Crippen molar-refractivity contribution >= 4 is 5.91 Å². The van der Waals surface area contributed by atoms with Crippen LogP contribution >= 0.6 is 0 Å². The van der Waals surface area contributed by atoms with Crippen molar-refractivity contribution in [3.63, 3.8) is 0 Å². The highest BCUT2D eigenvalue weighted by atomic mass is 16.2. The molecule has 1 atom stereocenters. The Bertz CT molecular complexity index is 310. The minimum atomic E-state index is -0.0982. The van der Waals surface area contributed by atoms with Crippen LogP contribution in [-0.2, 0) is 4.79 Å². The summed E-state index contributed by atoms with van der Waals surface area (Å²) in [5.74, 6) is 1.03. The van der Waals surface area contributed by atoms with Crippen molar-refractivity contribution in [3.05, 3.63) is 0 Å². The Kier molecular flexibility index (Phi) is 6.53. The van der Waals surface area contributed by atoms with E-state index in [0.29, 0.717) is 17.9 Å². The second kappa shape index (κ2) is 8.17. The molecule has 1 heterocycles. The molecule has 2 rings (SSSR count). The topological polar surface area (TPSA) is 41.1 Å². The van der Waals surface area contributed by atoms with Crippen LogP contribution < -0.4 is 10.6 Å². The molecule has 2 N–H and O–H groups in total. The van der Waals surface area contributed by atoms with E-state index in [0.717, 1.165) is 38.8 Å². The van der Waals surface area contributed by atoms with Gasteiger partial charge in [-0.15, -0.1) is 0 Å². The predicted molar refractivity (Wildman–Crippen MR) is 88.2 cm³/mol. The molecule has 0 aromatic carbocycles. The number of amides is 1. The van der Waals surface area contributed by atoms with Gasteiger partial charge in [0, 0.05) is 6.04 Å². The summed E-state index contributed by atoms with van der Waals surface area (Å²) in [6.07, 6.45) is 12.2. The van der Waals surface area contributed by atoms with Crippen LogP contribution in [0.5, 0.6) is 0 Å². The first-order valence-electron chi connectivity index (χ1n) is 9.19. The van der Waals surface area contributed by atoms with Crippen LogP contribution in [0.15, 0.2) is 0 Å². The monoisotopic (exact) mass is 294 g/mol. The molecule has 3 nitrogen and oxygen atoms in total. The van der Waals surface area contributed by atoms with Gasteiger partial charge >= 0.3 is 0 Å². The summed E-state index contributed by atoms with van der Waals surface area (Å²) in [5.41, 5.74) is -0.0982. The Morgan fingerprint density at radius 3 is 2.38 bits per heavy atom. The Hall–Kier alpha value is -0.570. The molecule has 2 aliphatic rings. The van der Waals surface area contributed by atoms with Gasteiger partial charge in [-0.2, -0.15) is 0 Å². The second-order valence-electron chi connectivity index (χ2n) is 7.29. The molecule has 0 unspecified atom stereocenters. The van der Waals surface area contributed by atoms with E-state index >= 15 is 0 Å². The van der Waals surface area contributed by atoms with Crippen LogP contribution in [-0.4, -0.2) is 25.0 Å². The highest BCUT2D eigenvalue weighted by Gasteiger charge is 2.39. The van der Waals surface area contributed by atoms with Crippen molar-refractivity contribution in [2.45, 2.75) is 84.1 Å². The van der Waals surface area contributed by atoms with Gasteiger partial charge in [0.2, 0.25) is 5.91 Å². The van der Waals surface area contributed by atoms with Crippen molar-refractivity contribution in [2.75, 3.05) is 13.1 Å². The standard InChI is InChI=1S/C18H34N2O/c1-3-10-18(11-13-19-14-12-18)17(21)20-15(2)16-8-6-4-5-7-9-16/h15-16,19H,3-14H2,1-2H3,(H,20,21)/t15-/m0/s1. The van der Waals surface area contributed by atoms with Gasteiger partial charge in [0.05, 0.1) is 5.41 Å². The predicted octanol–water partition coefficient (Wildman–Crippen LogP) is 3.63. The van der Waals surface area contributed by atoms with E-state index in [1.54, 1.807) is 0 Å². The molecule has 1 saturated heterocycles. The molecule has 0 spiro atoms. The summed E-state index contributed by atoms with van der Waals surface area (Å²) in [5, 5.41) is 6.80. The molecule has 0 radical (unpaired) electrons. The molecule has 1 amide bonds. The van der Waals surface area contributed by atoms with E-state index in [-0.39, 0.29) is 5.41 Å². The van der Waals surface area contributed by atoms with E-state index < -0.39 is 0 Å². The number of carbonyl (C=O) groups excluding carboxylic acids is 1. The Balaban J connectivity index is 1.93. The summed E-state index contributed by atoms with van der Waals surface area (Å²) in [4.78, 5) is 12.9. The van der Waals surface area contributed by atoms with E-state index in [2.05, 4.69) is 24.5 Å². The van der Waals surface area contributed by atoms with Crippen molar-refractivity contribution in [2.24, 2.45) is 11.3 Å². The number of rotatable bonds is 5. The van der Waals surface area contributed by atoms with Gasteiger partial charge < -0.3 is 10.6 Å². The largest absolute Gasteiger partial charge is 0.353 e. The summed E-state index contributed by atoms with van der Waals surface area (Å²) >= 11 is 0. The fraction of sp³-hybridized carbons (Fsp3) is 0.944. The van der Waals surface area contributed by atoms with Crippen LogP contribution in [0.3, 0.4) is 0 Å². The van der Waals surface area contributed by atoms with Gasteiger partial charge in [-0.1, -0.05) is 39.0 Å². The van der Waals surface area contributed by atoms with E-state index in [1.807, 2.05) is 0 Å². The number of nitrogens with one attached hydrogen (secondary N) is 2. The molecule has 0 aromatic rings. The van der Waals surface area contributed by atoms with Crippen LogP contribution in [0.25, 0.3) is 0 Å². The molecule has 0 aromatic heterocycles. The zero-order valence-electron chi connectivity index (χ0n) is 14.0. The van der Waals surface area contributed by atoms with E-state index in [1.165, 1.54) is 38.5 Å². The van der Waals surface area contributed by atoms with Gasteiger partial charge in [-0.05, 0) is 58.0 Å². The maximum absolute atomic E-state index is 12.9. The van der Waals surface area contributed by atoms with E-state index in [4.69, 9.17) is 0 Å². The maximum Gasteiger partial charge on any atom is 0.226 e. The zero-order chi connectivity index (χ0) is 15.1. The molecule has 21 heavy (non-hydrogen) atoms. The molecule has 122 valence electrons. The highest BCUT2D eigenvalue weighted by molar-refractivity contribution is 5.83. The molecular weight excluding hydrogens is 260 g/mol. The number of carbonyl (C=O) groups is 1. The third-order valence-electron chi connectivity index (χ3n) is 5.74. The van der Waals surface area contributed by atoms with E-state index in [9.17, 15) is 4.79 Å². The van der Waals surface area contributed by atoms with Gasteiger partial charge in [0.25, 0.3) is 0 Å².